The Hall–Kier alpha value is -3.40. The minimum Gasteiger partial charge on any atom is -0.468 e. The van der Waals surface area contributed by atoms with Crippen LogP contribution >= 0.6 is 0 Å². The molecule has 37 heavy (non-hydrogen) atoms. The van der Waals surface area contributed by atoms with Crippen molar-refractivity contribution >= 4 is 17.8 Å². The van der Waals surface area contributed by atoms with Crippen LogP contribution in [0.15, 0.2) is 60.7 Å². The number of piperidine rings is 1. The van der Waals surface area contributed by atoms with Crippen molar-refractivity contribution in [3.63, 3.8) is 0 Å². The fourth-order valence-corrected chi connectivity index (χ4v) is 5.67. The van der Waals surface area contributed by atoms with Crippen molar-refractivity contribution < 1.29 is 37.0 Å². The number of hydrogen-bond acceptors (Lipinski definition) is 5. The molecular formula is C27H29F3N2O5. The summed E-state index contributed by atoms with van der Waals surface area (Å²) in [5.74, 6) is -2.51. The maximum Gasteiger partial charge on any atom is 0.430 e. The second-order valence-corrected chi connectivity index (χ2v) is 9.48. The minimum atomic E-state index is -5.06. The van der Waals surface area contributed by atoms with Crippen LogP contribution in [0, 0.1) is 5.41 Å². The molecule has 2 aromatic carbocycles. The van der Waals surface area contributed by atoms with E-state index in [9.17, 15) is 27.6 Å². The number of amides is 2. The Morgan fingerprint density at radius 2 is 1.68 bits per heavy atom. The van der Waals surface area contributed by atoms with E-state index in [0.717, 1.165) is 12.7 Å². The maximum absolute atomic E-state index is 14.4. The van der Waals surface area contributed by atoms with Gasteiger partial charge < -0.3 is 19.7 Å². The third-order valence-electron chi connectivity index (χ3n) is 7.45. The Kier molecular flexibility index (Phi) is 7.32. The Morgan fingerprint density at radius 1 is 1.05 bits per heavy atom. The molecule has 2 heterocycles. The number of halogens is 3. The molecule has 2 aliphatic rings. The third-order valence-corrected chi connectivity index (χ3v) is 7.45. The average molecular weight is 519 g/mol. The molecule has 0 unspecified atom stereocenters. The van der Waals surface area contributed by atoms with Gasteiger partial charge in [-0.15, -0.1) is 0 Å². The van der Waals surface area contributed by atoms with E-state index in [2.05, 4.69) is 5.32 Å². The minimum absolute atomic E-state index is 0.00961. The second kappa shape index (κ2) is 10.2. The first kappa shape index (κ1) is 26.7. The normalized spacial score (nSPS) is 25.2. The number of nitrogens with one attached hydrogen (secondary N) is 1. The van der Waals surface area contributed by atoms with Crippen molar-refractivity contribution in [1.29, 1.82) is 0 Å². The number of nitrogens with zero attached hydrogens (tertiary/aromatic N) is 1. The molecular weight excluding hydrogens is 489 g/mol. The molecule has 2 fully saturated rings. The predicted molar refractivity (Wildman–Crippen MR) is 127 cm³/mol. The number of esters is 1. The monoisotopic (exact) mass is 518 g/mol. The van der Waals surface area contributed by atoms with Crippen LogP contribution in [0.2, 0.25) is 0 Å². The lowest BCUT2D eigenvalue weighted by Gasteiger charge is -2.40. The van der Waals surface area contributed by atoms with E-state index in [-0.39, 0.29) is 18.4 Å². The zero-order valence-corrected chi connectivity index (χ0v) is 20.6. The number of hydrogen-bond donors (Lipinski definition) is 1. The van der Waals surface area contributed by atoms with Crippen molar-refractivity contribution in [2.45, 2.75) is 49.5 Å². The molecule has 0 bridgehead atoms. The van der Waals surface area contributed by atoms with E-state index >= 15 is 0 Å². The summed E-state index contributed by atoms with van der Waals surface area (Å²) in [5.41, 5.74) is -4.37. The van der Waals surface area contributed by atoms with Gasteiger partial charge in [0, 0.05) is 25.3 Å². The van der Waals surface area contributed by atoms with Crippen molar-refractivity contribution in [2.24, 2.45) is 5.41 Å². The first-order valence-corrected chi connectivity index (χ1v) is 12.0. The summed E-state index contributed by atoms with van der Waals surface area (Å²) in [6.45, 7) is 0.330. The Balaban J connectivity index is 1.67. The number of ether oxygens (including phenoxy) is 2. The van der Waals surface area contributed by atoms with Crippen LogP contribution in [-0.4, -0.2) is 61.7 Å². The van der Waals surface area contributed by atoms with Crippen molar-refractivity contribution in [1.82, 2.24) is 10.2 Å². The van der Waals surface area contributed by atoms with Gasteiger partial charge in [-0.2, -0.15) is 13.2 Å². The molecule has 1 N–H and O–H groups in total. The van der Waals surface area contributed by atoms with Crippen LogP contribution in [0.1, 0.15) is 30.4 Å². The van der Waals surface area contributed by atoms with Gasteiger partial charge in [0.15, 0.2) is 5.41 Å². The van der Waals surface area contributed by atoms with Gasteiger partial charge in [0.25, 0.3) is 11.5 Å². The number of fused-ring (bicyclic) bond motifs is 1. The van der Waals surface area contributed by atoms with Crippen molar-refractivity contribution in [3.8, 4) is 0 Å². The number of alkyl halides is 3. The fraction of sp³-hybridized carbons (Fsp3) is 0.444. The Labute approximate surface area is 212 Å². The number of methoxy groups -OCH3 is 2. The van der Waals surface area contributed by atoms with Crippen LogP contribution < -0.4 is 5.32 Å². The first-order chi connectivity index (χ1) is 17.6. The molecule has 2 saturated heterocycles. The Morgan fingerprint density at radius 3 is 2.24 bits per heavy atom. The summed E-state index contributed by atoms with van der Waals surface area (Å²) in [5, 5.41) is 2.54. The van der Waals surface area contributed by atoms with Crippen LogP contribution in [0.5, 0.6) is 0 Å². The molecule has 4 atom stereocenters. The molecule has 2 amide bonds. The fourth-order valence-electron chi connectivity index (χ4n) is 5.67. The molecule has 0 aromatic heterocycles. The van der Waals surface area contributed by atoms with Gasteiger partial charge in [0.2, 0.25) is 5.91 Å². The van der Waals surface area contributed by atoms with E-state index in [1.54, 1.807) is 30.3 Å². The second-order valence-electron chi connectivity index (χ2n) is 9.48. The lowest BCUT2D eigenvalue weighted by molar-refractivity contribution is -0.266. The largest absolute Gasteiger partial charge is 0.468 e. The molecule has 198 valence electrons. The summed E-state index contributed by atoms with van der Waals surface area (Å²) in [4.78, 5) is 41.5. The van der Waals surface area contributed by atoms with E-state index in [1.165, 1.54) is 36.3 Å². The molecule has 0 spiro atoms. The van der Waals surface area contributed by atoms with E-state index in [0.29, 0.717) is 19.4 Å². The van der Waals surface area contributed by atoms with Gasteiger partial charge in [-0.1, -0.05) is 60.7 Å². The average Bonchev–Trinajstić information content (AvgIpc) is 3.18. The van der Waals surface area contributed by atoms with E-state index in [1.807, 2.05) is 6.07 Å². The van der Waals surface area contributed by atoms with Crippen molar-refractivity contribution in [2.75, 3.05) is 20.8 Å². The third kappa shape index (κ3) is 4.47. The van der Waals surface area contributed by atoms with Gasteiger partial charge in [0.1, 0.15) is 0 Å². The first-order valence-electron chi connectivity index (χ1n) is 12.0. The zero-order valence-electron chi connectivity index (χ0n) is 20.6. The summed E-state index contributed by atoms with van der Waals surface area (Å²) in [6, 6.07) is 14.2. The van der Waals surface area contributed by atoms with Crippen LogP contribution in [0.4, 0.5) is 13.2 Å². The highest BCUT2D eigenvalue weighted by Crippen LogP contribution is 2.45. The van der Waals surface area contributed by atoms with E-state index in [4.69, 9.17) is 9.47 Å². The van der Waals surface area contributed by atoms with E-state index < -0.39 is 47.1 Å². The van der Waals surface area contributed by atoms with Crippen LogP contribution in [0.25, 0.3) is 0 Å². The van der Waals surface area contributed by atoms with Gasteiger partial charge in [-0.3, -0.25) is 14.4 Å². The number of carbonyl (C=O) groups is 3. The molecule has 2 aliphatic heterocycles. The molecule has 0 radical (unpaired) electrons. The quantitative estimate of drug-likeness (QED) is 0.449. The summed E-state index contributed by atoms with van der Waals surface area (Å²) >= 11 is 0. The van der Waals surface area contributed by atoms with Crippen LogP contribution in [0.3, 0.4) is 0 Å². The van der Waals surface area contributed by atoms with Crippen molar-refractivity contribution in [3.05, 3.63) is 71.8 Å². The SMILES string of the molecule is COC(=O)[C@@]1(Cc2ccccc2)C[C@@H]2[C@@H](NC(=O)[C@](OC)(c3ccccc3)C(F)(F)F)CCCN2C1=O. The molecule has 10 heteroatoms. The molecule has 0 saturated carbocycles. The lowest BCUT2D eigenvalue weighted by Crippen LogP contribution is -2.61. The number of benzene rings is 2. The molecule has 0 aliphatic carbocycles. The van der Waals surface area contributed by atoms with Gasteiger partial charge in [-0.25, -0.2) is 0 Å². The summed E-state index contributed by atoms with van der Waals surface area (Å²) in [7, 11) is 2.05. The maximum atomic E-state index is 14.4. The van der Waals surface area contributed by atoms with Gasteiger partial charge >= 0.3 is 12.1 Å². The standard InChI is InChI=1S/C27H29F3N2O5/c1-36-24(35)25(16-18-10-5-3-6-11-18)17-21-20(14-9-15-32(21)23(25)34)31-22(33)26(37-2,27(28,29)30)19-12-7-4-8-13-19/h3-8,10-13,20-21H,9,14-17H2,1-2H3,(H,31,33)/t20-,21+,25-,26+/m0/s1. The highest BCUT2D eigenvalue weighted by atomic mass is 19.4. The number of carbonyl (C=O) groups excluding carboxylic acids is 3. The molecule has 4 rings (SSSR count). The Bertz CT molecular complexity index is 1140. The smallest absolute Gasteiger partial charge is 0.430 e. The number of rotatable bonds is 7. The summed E-state index contributed by atoms with van der Waals surface area (Å²) < 4.78 is 53.1. The topological polar surface area (TPSA) is 84.9 Å². The predicted octanol–water partition coefficient (Wildman–Crippen LogP) is 3.37. The highest BCUT2D eigenvalue weighted by Gasteiger charge is 2.64. The van der Waals surface area contributed by atoms with Crippen LogP contribution in [-0.2, 0) is 35.9 Å². The zero-order chi connectivity index (χ0) is 26.8. The molecule has 7 nitrogen and oxygen atoms in total. The highest BCUT2D eigenvalue weighted by molar-refractivity contribution is 6.05. The molecule has 2 aromatic rings. The van der Waals surface area contributed by atoms with Gasteiger partial charge in [0.05, 0.1) is 13.2 Å². The van der Waals surface area contributed by atoms with Gasteiger partial charge in [-0.05, 0) is 31.2 Å². The lowest BCUT2D eigenvalue weighted by atomic mass is 9.77. The summed E-state index contributed by atoms with van der Waals surface area (Å²) in [6.07, 6.45) is -4.17.